The molecule has 0 aliphatic heterocycles. The highest BCUT2D eigenvalue weighted by Gasteiger charge is 2.25. The van der Waals surface area contributed by atoms with Gasteiger partial charge in [-0.2, -0.15) is 0 Å². The second kappa shape index (κ2) is 5.01. The molecular formula is C11H18BNO4S. The molecule has 1 rings (SSSR count). The molecular weight excluding hydrogens is 253 g/mol. The molecule has 0 aliphatic carbocycles. The number of nitrogens with one attached hydrogen (secondary N) is 1. The van der Waals surface area contributed by atoms with Crippen LogP contribution in [0.5, 0.6) is 0 Å². The van der Waals surface area contributed by atoms with Crippen molar-refractivity contribution < 1.29 is 18.5 Å². The van der Waals surface area contributed by atoms with E-state index in [-0.39, 0.29) is 10.4 Å². The summed E-state index contributed by atoms with van der Waals surface area (Å²) in [6.45, 7) is 6.88. The van der Waals surface area contributed by atoms with Gasteiger partial charge >= 0.3 is 7.12 Å². The Bertz CT molecular complexity index is 534. The zero-order valence-electron chi connectivity index (χ0n) is 10.9. The summed E-state index contributed by atoms with van der Waals surface area (Å²) >= 11 is 0. The van der Waals surface area contributed by atoms with Gasteiger partial charge in [-0.3, -0.25) is 0 Å². The van der Waals surface area contributed by atoms with Crippen LogP contribution >= 0.6 is 0 Å². The van der Waals surface area contributed by atoms with Crippen molar-refractivity contribution in [2.75, 3.05) is 0 Å². The van der Waals surface area contributed by atoms with E-state index in [0.29, 0.717) is 5.56 Å². The zero-order valence-corrected chi connectivity index (χ0v) is 11.7. The first-order valence-electron chi connectivity index (χ1n) is 5.53. The highest BCUT2D eigenvalue weighted by molar-refractivity contribution is 7.89. The van der Waals surface area contributed by atoms with Gasteiger partial charge in [0.2, 0.25) is 10.0 Å². The predicted octanol–water partition coefficient (Wildman–Crippen LogP) is -0.248. The fraction of sp³-hybridized carbons (Fsp3) is 0.455. The quantitative estimate of drug-likeness (QED) is 0.662. The number of sulfonamides is 1. The molecule has 0 spiro atoms. The van der Waals surface area contributed by atoms with Crippen LogP contribution in [-0.2, 0) is 10.0 Å². The minimum atomic E-state index is -3.68. The largest absolute Gasteiger partial charge is 0.488 e. The second-order valence-electron chi connectivity index (χ2n) is 5.25. The highest BCUT2D eigenvalue weighted by atomic mass is 32.2. The molecule has 0 fully saturated rings. The van der Waals surface area contributed by atoms with E-state index < -0.39 is 22.7 Å². The van der Waals surface area contributed by atoms with E-state index in [0.717, 1.165) is 0 Å². The van der Waals surface area contributed by atoms with Crippen molar-refractivity contribution in [1.82, 2.24) is 4.72 Å². The van der Waals surface area contributed by atoms with E-state index in [1.165, 1.54) is 12.1 Å². The molecule has 18 heavy (non-hydrogen) atoms. The first-order chi connectivity index (χ1) is 8.03. The lowest BCUT2D eigenvalue weighted by Crippen LogP contribution is -2.41. The number of hydrogen-bond donors (Lipinski definition) is 3. The summed E-state index contributed by atoms with van der Waals surface area (Å²) in [5, 5.41) is 18.2. The van der Waals surface area contributed by atoms with Crippen LogP contribution < -0.4 is 10.2 Å². The Balaban J connectivity index is 3.28. The third kappa shape index (κ3) is 3.81. The minimum absolute atomic E-state index is 0.0584. The summed E-state index contributed by atoms with van der Waals surface area (Å²) < 4.78 is 26.9. The molecule has 3 N–H and O–H groups in total. The third-order valence-electron chi connectivity index (χ3n) is 2.24. The van der Waals surface area contributed by atoms with Gasteiger partial charge in [0.1, 0.15) is 0 Å². The van der Waals surface area contributed by atoms with Crippen LogP contribution in [0.15, 0.2) is 23.1 Å². The molecule has 0 aromatic heterocycles. The molecule has 0 amide bonds. The van der Waals surface area contributed by atoms with Crippen LogP contribution in [-0.4, -0.2) is 31.1 Å². The average molecular weight is 271 g/mol. The van der Waals surface area contributed by atoms with Crippen molar-refractivity contribution >= 4 is 22.6 Å². The molecule has 0 saturated carbocycles. The molecule has 0 bridgehead atoms. The molecule has 0 saturated heterocycles. The SMILES string of the molecule is Cc1ccc(B(O)O)cc1S(=O)(=O)NC(C)(C)C. The van der Waals surface area contributed by atoms with Gasteiger partial charge in [-0.15, -0.1) is 0 Å². The summed E-state index contributed by atoms with van der Waals surface area (Å²) in [7, 11) is -5.36. The van der Waals surface area contributed by atoms with E-state index in [9.17, 15) is 8.42 Å². The van der Waals surface area contributed by atoms with Crippen molar-refractivity contribution in [3.8, 4) is 0 Å². The van der Waals surface area contributed by atoms with Crippen molar-refractivity contribution in [2.45, 2.75) is 38.1 Å². The molecule has 1 aromatic rings. The zero-order chi connectivity index (χ0) is 14.1. The molecule has 5 nitrogen and oxygen atoms in total. The van der Waals surface area contributed by atoms with Gasteiger partial charge in [-0.05, 0) is 44.8 Å². The van der Waals surface area contributed by atoms with Crippen LogP contribution in [0.1, 0.15) is 26.3 Å². The first kappa shape index (κ1) is 15.2. The first-order valence-corrected chi connectivity index (χ1v) is 7.02. The van der Waals surface area contributed by atoms with Gasteiger partial charge in [0.25, 0.3) is 0 Å². The van der Waals surface area contributed by atoms with Gasteiger partial charge in [0.05, 0.1) is 4.90 Å². The Kier molecular flexibility index (Phi) is 4.22. The van der Waals surface area contributed by atoms with Crippen LogP contribution in [0.25, 0.3) is 0 Å². The van der Waals surface area contributed by atoms with Gasteiger partial charge in [0.15, 0.2) is 0 Å². The van der Waals surface area contributed by atoms with Crippen LogP contribution in [0.2, 0.25) is 0 Å². The van der Waals surface area contributed by atoms with Crippen LogP contribution in [0.3, 0.4) is 0 Å². The average Bonchev–Trinajstić information content (AvgIpc) is 2.13. The van der Waals surface area contributed by atoms with E-state index >= 15 is 0 Å². The Morgan fingerprint density at radius 2 is 1.78 bits per heavy atom. The van der Waals surface area contributed by atoms with E-state index in [1.807, 2.05) is 0 Å². The summed E-state index contributed by atoms with van der Waals surface area (Å²) in [5.41, 5.74) is 0.102. The fourth-order valence-corrected chi connectivity index (χ4v) is 3.22. The highest BCUT2D eigenvalue weighted by Crippen LogP contribution is 2.16. The number of aryl methyl sites for hydroxylation is 1. The number of hydrogen-bond acceptors (Lipinski definition) is 4. The maximum absolute atomic E-state index is 12.2. The number of rotatable bonds is 3. The molecule has 100 valence electrons. The minimum Gasteiger partial charge on any atom is -0.423 e. The van der Waals surface area contributed by atoms with Crippen molar-refractivity contribution in [3.63, 3.8) is 0 Å². The maximum Gasteiger partial charge on any atom is 0.488 e. The summed E-state index contributed by atoms with van der Waals surface area (Å²) in [4.78, 5) is 0.0584. The summed E-state index contributed by atoms with van der Waals surface area (Å²) in [6.07, 6.45) is 0. The van der Waals surface area contributed by atoms with Gasteiger partial charge < -0.3 is 10.0 Å². The number of benzene rings is 1. The Morgan fingerprint density at radius 1 is 1.22 bits per heavy atom. The lowest BCUT2D eigenvalue weighted by molar-refractivity contribution is 0.425. The molecule has 0 aliphatic rings. The monoisotopic (exact) mass is 271 g/mol. The van der Waals surface area contributed by atoms with Crippen molar-refractivity contribution in [1.29, 1.82) is 0 Å². The Hall–Kier alpha value is -0.885. The molecule has 0 radical (unpaired) electrons. The summed E-state index contributed by atoms with van der Waals surface area (Å²) in [5.74, 6) is 0. The molecule has 7 heteroatoms. The van der Waals surface area contributed by atoms with Gasteiger partial charge in [-0.25, -0.2) is 13.1 Å². The van der Waals surface area contributed by atoms with E-state index in [1.54, 1.807) is 33.8 Å². The molecule has 0 atom stereocenters. The Morgan fingerprint density at radius 3 is 2.22 bits per heavy atom. The topological polar surface area (TPSA) is 86.6 Å². The predicted molar refractivity (Wildman–Crippen MR) is 71.1 cm³/mol. The maximum atomic E-state index is 12.2. The third-order valence-corrected chi connectivity index (χ3v) is 4.14. The van der Waals surface area contributed by atoms with Crippen molar-refractivity contribution in [2.24, 2.45) is 0 Å². The van der Waals surface area contributed by atoms with Gasteiger partial charge in [0, 0.05) is 5.54 Å². The van der Waals surface area contributed by atoms with Gasteiger partial charge in [-0.1, -0.05) is 12.1 Å². The lowest BCUT2D eigenvalue weighted by Gasteiger charge is -2.21. The summed E-state index contributed by atoms with van der Waals surface area (Å²) in [6, 6.07) is 4.30. The smallest absolute Gasteiger partial charge is 0.423 e. The second-order valence-corrected chi connectivity index (χ2v) is 6.90. The van der Waals surface area contributed by atoms with E-state index in [2.05, 4.69) is 4.72 Å². The van der Waals surface area contributed by atoms with Crippen LogP contribution in [0.4, 0.5) is 0 Å². The molecule has 0 unspecified atom stereocenters. The molecule has 0 heterocycles. The normalized spacial score (nSPS) is 12.6. The standard InChI is InChI=1S/C11H18BNO4S/c1-8-5-6-9(12(14)15)7-10(8)18(16,17)13-11(2,3)4/h5-7,13-15H,1-4H3. The fourth-order valence-electron chi connectivity index (χ4n) is 1.52. The van der Waals surface area contributed by atoms with E-state index in [4.69, 9.17) is 10.0 Å². The van der Waals surface area contributed by atoms with Crippen LogP contribution in [0, 0.1) is 6.92 Å². The lowest BCUT2D eigenvalue weighted by atomic mass is 9.80. The van der Waals surface area contributed by atoms with Crippen molar-refractivity contribution in [3.05, 3.63) is 23.8 Å². The molecule has 1 aromatic carbocycles. The Labute approximate surface area is 108 Å².